The maximum absolute atomic E-state index is 13.0. The summed E-state index contributed by atoms with van der Waals surface area (Å²) in [6.07, 6.45) is 1.95. The molecule has 2 aromatic carbocycles. The molecule has 0 fully saturated rings. The van der Waals surface area contributed by atoms with Crippen molar-refractivity contribution in [1.29, 1.82) is 0 Å². The molecule has 5 nitrogen and oxygen atoms in total. The molecule has 1 aliphatic heterocycles. The number of hydrogen-bond acceptors (Lipinski definition) is 5. The first-order valence-corrected chi connectivity index (χ1v) is 12.2. The lowest BCUT2D eigenvalue weighted by molar-refractivity contribution is 0.0734. The molecule has 3 aromatic rings. The van der Waals surface area contributed by atoms with Crippen LogP contribution < -0.4 is 4.90 Å². The summed E-state index contributed by atoms with van der Waals surface area (Å²) in [5, 5.41) is 1.10. The van der Waals surface area contributed by atoms with Crippen molar-refractivity contribution in [2.24, 2.45) is 0 Å². The minimum atomic E-state index is 0.0838. The Morgan fingerprint density at radius 1 is 1.12 bits per heavy atom. The van der Waals surface area contributed by atoms with Gasteiger partial charge in [-0.3, -0.25) is 4.79 Å². The fraction of sp³-hybridized carbons (Fsp3) is 0.320. The topological polar surface area (TPSA) is 49.3 Å². The van der Waals surface area contributed by atoms with Gasteiger partial charge in [0.2, 0.25) is 0 Å². The maximum Gasteiger partial charge on any atom is 0.254 e. The Morgan fingerprint density at radius 3 is 2.62 bits per heavy atom. The normalized spacial score (nSPS) is 13.0. The first-order chi connectivity index (χ1) is 15.5. The third kappa shape index (κ3) is 5.43. The monoisotopic (exact) mass is 466 g/mol. The SMILES string of the molecule is CCCN(C)c1cc(Cl)nc(SCc2ccc(C(=O)N3CCc4ccccc4C3)cc2)n1. The zero-order valence-electron chi connectivity index (χ0n) is 18.4. The molecule has 0 radical (unpaired) electrons. The van der Waals surface area contributed by atoms with Gasteiger partial charge in [0.25, 0.3) is 5.91 Å². The van der Waals surface area contributed by atoms with Gasteiger partial charge in [-0.15, -0.1) is 0 Å². The molecule has 0 N–H and O–H groups in total. The number of benzene rings is 2. The number of thioether (sulfide) groups is 1. The summed E-state index contributed by atoms with van der Waals surface area (Å²) in [5.41, 5.74) is 4.42. The summed E-state index contributed by atoms with van der Waals surface area (Å²) in [4.78, 5) is 26.0. The highest BCUT2D eigenvalue weighted by atomic mass is 35.5. The van der Waals surface area contributed by atoms with E-state index in [1.165, 1.54) is 11.1 Å². The van der Waals surface area contributed by atoms with Gasteiger partial charge < -0.3 is 9.80 Å². The van der Waals surface area contributed by atoms with Gasteiger partial charge >= 0.3 is 0 Å². The standard InChI is InChI=1S/C25H27ClN4OS/c1-3-13-29(2)23-15-22(26)27-25(28-23)32-17-18-8-10-20(11-9-18)24(31)30-14-12-19-6-4-5-7-21(19)16-30/h4-11,15H,3,12-14,16-17H2,1-2H3. The summed E-state index contributed by atoms with van der Waals surface area (Å²) in [7, 11) is 2.01. The summed E-state index contributed by atoms with van der Waals surface area (Å²) in [6, 6.07) is 18.0. The average Bonchev–Trinajstić information content (AvgIpc) is 2.82. The zero-order valence-corrected chi connectivity index (χ0v) is 20.0. The van der Waals surface area contributed by atoms with E-state index in [1.54, 1.807) is 17.8 Å². The molecule has 1 aliphatic rings. The quantitative estimate of drug-likeness (QED) is 0.262. The smallest absolute Gasteiger partial charge is 0.254 e. The van der Waals surface area contributed by atoms with Crippen molar-refractivity contribution in [3.8, 4) is 0 Å². The molecular weight excluding hydrogens is 440 g/mol. The lowest BCUT2D eigenvalue weighted by Crippen LogP contribution is -2.35. The molecule has 2 heterocycles. The Labute approximate surface area is 198 Å². The van der Waals surface area contributed by atoms with Crippen LogP contribution in [0.1, 0.15) is 40.4 Å². The van der Waals surface area contributed by atoms with Crippen LogP contribution in [0.25, 0.3) is 0 Å². The molecule has 1 aromatic heterocycles. The number of amides is 1. The van der Waals surface area contributed by atoms with E-state index in [0.717, 1.165) is 42.9 Å². The molecule has 0 unspecified atom stereocenters. The zero-order chi connectivity index (χ0) is 22.5. The predicted octanol–water partition coefficient (Wildman–Crippen LogP) is 5.47. The first-order valence-electron chi connectivity index (χ1n) is 10.9. The van der Waals surface area contributed by atoms with Gasteiger partial charge in [-0.05, 0) is 41.7 Å². The number of fused-ring (bicyclic) bond motifs is 1. The second-order valence-corrected chi connectivity index (χ2v) is 9.31. The van der Waals surface area contributed by atoms with Gasteiger partial charge in [0.05, 0.1) is 0 Å². The van der Waals surface area contributed by atoms with Crippen LogP contribution in [-0.2, 0) is 18.7 Å². The van der Waals surface area contributed by atoms with E-state index < -0.39 is 0 Å². The highest BCUT2D eigenvalue weighted by Gasteiger charge is 2.21. The molecule has 1 amide bonds. The molecule has 32 heavy (non-hydrogen) atoms. The van der Waals surface area contributed by atoms with Gasteiger partial charge in [0.1, 0.15) is 11.0 Å². The highest BCUT2D eigenvalue weighted by molar-refractivity contribution is 7.98. The molecule has 166 valence electrons. The molecule has 0 aliphatic carbocycles. The van der Waals surface area contributed by atoms with E-state index in [0.29, 0.717) is 22.6 Å². The van der Waals surface area contributed by atoms with E-state index >= 15 is 0 Å². The number of rotatable bonds is 7. The Bertz CT molecular complexity index is 1090. The van der Waals surface area contributed by atoms with Crippen LogP contribution in [0.5, 0.6) is 0 Å². The van der Waals surface area contributed by atoms with E-state index in [-0.39, 0.29) is 5.91 Å². The number of carbonyl (C=O) groups excluding carboxylic acids is 1. The van der Waals surface area contributed by atoms with E-state index in [9.17, 15) is 4.79 Å². The van der Waals surface area contributed by atoms with Crippen LogP contribution in [-0.4, -0.2) is 40.9 Å². The number of aromatic nitrogens is 2. The molecule has 0 spiro atoms. The van der Waals surface area contributed by atoms with Crippen LogP contribution >= 0.6 is 23.4 Å². The summed E-state index contributed by atoms with van der Waals surface area (Å²) >= 11 is 7.75. The fourth-order valence-corrected chi connectivity index (χ4v) is 4.88. The number of halogens is 1. The minimum Gasteiger partial charge on any atom is -0.360 e. The van der Waals surface area contributed by atoms with Crippen molar-refractivity contribution < 1.29 is 4.79 Å². The lowest BCUT2D eigenvalue weighted by Gasteiger charge is -2.29. The van der Waals surface area contributed by atoms with Gasteiger partial charge in [0, 0.05) is 44.1 Å². The summed E-state index contributed by atoms with van der Waals surface area (Å²) in [6.45, 7) is 4.48. The third-order valence-electron chi connectivity index (χ3n) is 5.60. The number of anilines is 1. The Balaban J connectivity index is 1.38. The second-order valence-electron chi connectivity index (χ2n) is 7.98. The highest BCUT2D eigenvalue weighted by Crippen LogP contribution is 2.25. The van der Waals surface area contributed by atoms with E-state index in [2.05, 4.69) is 40.0 Å². The molecule has 7 heteroatoms. The van der Waals surface area contributed by atoms with E-state index in [4.69, 9.17) is 11.6 Å². The van der Waals surface area contributed by atoms with Crippen molar-refractivity contribution >= 4 is 35.1 Å². The summed E-state index contributed by atoms with van der Waals surface area (Å²) in [5.74, 6) is 1.63. The van der Waals surface area contributed by atoms with Crippen molar-refractivity contribution in [3.63, 3.8) is 0 Å². The molecule has 0 saturated carbocycles. The minimum absolute atomic E-state index is 0.0838. The van der Waals surface area contributed by atoms with Gasteiger partial charge in [-0.2, -0.15) is 0 Å². The van der Waals surface area contributed by atoms with Gasteiger partial charge in [0.15, 0.2) is 5.16 Å². The van der Waals surface area contributed by atoms with Crippen molar-refractivity contribution in [1.82, 2.24) is 14.9 Å². The number of carbonyl (C=O) groups is 1. The van der Waals surface area contributed by atoms with Crippen LogP contribution in [0.3, 0.4) is 0 Å². The molecule has 0 saturated heterocycles. The molecule has 0 bridgehead atoms. The van der Waals surface area contributed by atoms with Crippen LogP contribution in [0.4, 0.5) is 5.82 Å². The van der Waals surface area contributed by atoms with Crippen LogP contribution in [0.15, 0.2) is 59.8 Å². The number of hydrogen-bond donors (Lipinski definition) is 0. The largest absolute Gasteiger partial charge is 0.360 e. The number of nitrogens with zero attached hydrogens (tertiary/aromatic N) is 4. The molecular formula is C25H27ClN4OS. The van der Waals surface area contributed by atoms with Crippen molar-refractivity contribution in [2.75, 3.05) is 25.0 Å². The Kier molecular flexibility index (Phi) is 7.33. The van der Waals surface area contributed by atoms with Gasteiger partial charge in [-0.25, -0.2) is 9.97 Å². The maximum atomic E-state index is 13.0. The summed E-state index contributed by atoms with van der Waals surface area (Å²) < 4.78 is 0. The Hall–Kier alpha value is -2.57. The van der Waals surface area contributed by atoms with Crippen molar-refractivity contribution in [3.05, 3.63) is 82.0 Å². The second kappa shape index (κ2) is 10.4. The fourth-order valence-electron chi connectivity index (χ4n) is 3.84. The van der Waals surface area contributed by atoms with E-state index in [1.807, 2.05) is 42.3 Å². The van der Waals surface area contributed by atoms with Crippen LogP contribution in [0.2, 0.25) is 5.15 Å². The predicted molar refractivity (Wildman–Crippen MR) is 131 cm³/mol. The van der Waals surface area contributed by atoms with Crippen LogP contribution in [0, 0.1) is 0 Å². The molecule has 4 rings (SSSR count). The van der Waals surface area contributed by atoms with Gasteiger partial charge in [-0.1, -0.05) is 66.7 Å². The first kappa shape index (κ1) is 22.6. The lowest BCUT2D eigenvalue weighted by atomic mass is 9.99. The van der Waals surface area contributed by atoms with Crippen molar-refractivity contribution in [2.45, 2.75) is 37.2 Å². The molecule has 0 atom stereocenters. The Morgan fingerprint density at radius 2 is 1.88 bits per heavy atom. The third-order valence-corrected chi connectivity index (χ3v) is 6.71. The average molecular weight is 467 g/mol.